The van der Waals surface area contributed by atoms with Gasteiger partial charge in [0.2, 0.25) is 0 Å². The van der Waals surface area contributed by atoms with Crippen LogP contribution in [-0.2, 0) is 0 Å². The fourth-order valence-corrected chi connectivity index (χ4v) is 6.05. The van der Waals surface area contributed by atoms with E-state index in [0.717, 1.165) is 0 Å². The van der Waals surface area contributed by atoms with E-state index in [-0.39, 0.29) is 0 Å². The molecule has 0 spiro atoms. The van der Waals surface area contributed by atoms with Crippen LogP contribution >= 0.6 is 9.24 Å². The molecule has 0 aromatic carbocycles. The van der Waals surface area contributed by atoms with E-state index in [1.165, 1.54) is 180 Å². The molecule has 0 saturated heterocycles. The minimum Gasteiger partial charge on any atom is -0.328 e. The van der Waals surface area contributed by atoms with Gasteiger partial charge in [-0.3, -0.25) is 0 Å². The molecular weight excluding hydrogens is 477 g/mol. The van der Waals surface area contributed by atoms with Gasteiger partial charge in [0.25, 0.3) is 5.09 Å². The third-order valence-electron chi connectivity index (χ3n) is 8.09. The molecule has 0 amide bonds. The van der Waals surface area contributed by atoms with E-state index in [1.807, 2.05) is 0 Å². The van der Waals surface area contributed by atoms with Crippen molar-refractivity contribution in [3.8, 4) is 0 Å². The molecule has 0 aromatic heterocycles. The Bertz CT molecular complexity index is 412. The molecule has 1 N–H and O–H groups in total. The van der Waals surface area contributed by atoms with Gasteiger partial charge in [-0.05, 0) is 43.7 Å². The summed E-state index contributed by atoms with van der Waals surface area (Å²) < 4.78 is 0. The number of rotatable bonds is 28. The first-order valence-electron chi connectivity index (χ1n) is 16.5. The SMILES string of the molecule is CCCCCCC(CCCCCC)(CCCCCC)CCCCCCCCCCCCCP.O=[N+]([O-])O. The van der Waals surface area contributed by atoms with Gasteiger partial charge in [0.1, 0.15) is 0 Å². The molecule has 0 fully saturated rings. The lowest BCUT2D eigenvalue weighted by Gasteiger charge is -2.35. The minimum absolute atomic E-state index is 0.687. The van der Waals surface area contributed by atoms with E-state index in [4.69, 9.17) is 15.3 Å². The highest BCUT2D eigenvalue weighted by molar-refractivity contribution is 7.16. The van der Waals surface area contributed by atoms with Gasteiger partial charge in [-0.2, -0.15) is 0 Å². The molecule has 1 atom stereocenters. The molecule has 0 aliphatic rings. The van der Waals surface area contributed by atoms with Crippen LogP contribution in [0.25, 0.3) is 0 Å². The maximum absolute atomic E-state index is 8.36. The van der Waals surface area contributed by atoms with Crippen LogP contribution in [0.2, 0.25) is 0 Å². The third-order valence-corrected chi connectivity index (χ3v) is 8.50. The molecule has 0 rings (SSSR count). The van der Waals surface area contributed by atoms with Crippen molar-refractivity contribution in [1.82, 2.24) is 0 Å². The Morgan fingerprint density at radius 2 is 0.730 bits per heavy atom. The normalized spacial score (nSPS) is 11.4. The van der Waals surface area contributed by atoms with E-state index in [9.17, 15) is 0 Å². The summed E-state index contributed by atoms with van der Waals surface area (Å²) in [5, 5.41) is 13.6. The van der Waals surface area contributed by atoms with Crippen LogP contribution in [0.4, 0.5) is 0 Å². The zero-order chi connectivity index (χ0) is 27.9. The minimum atomic E-state index is -1.50. The Hall–Kier alpha value is -0.370. The van der Waals surface area contributed by atoms with Gasteiger partial charge < -0.3 is 5.21 Å². The molecule has 0 aliphatic carbocycles. The highest BCUT2D eigenvalue weighted by Crippen LogP contribution is 2.42. The van der Waals surface area contributed by atoms with Crippen molar-refractivity contribution in [2.75, 3.05) is 6.16 Å². The molecule has 0 bridgehead atoms. The van der Waals surface area contributed by atoms with Crippen LogP contribution in [0, 0.1) is 15.5 Å². The zero-order valence-corrected chi connectivity index (χ0v) is 26.7. The Kier molecular flexibility index (Phi) is 33.4. The van der Waals surface area contributed by atoms with Crippen molar-refractivity contribution in [1.29, 1.82) is 0 Å². The average Bonchev–Trinajstić information content (AvgIpc) is 2.87. The van der Waals surface area contributed by atoms with Gasteiger partial charge in [-0.25, -0.2) is 0 Å². The molecule has 4 nitrogen and oxygen atoms in total. The van der Waals surface area contributed by atoms with Gasteiger partial charge >= 0.3 is 0 Å². The van der Waals surface area contributed by atoms with E-state index in [0.29, 0.717) is 5.41 Å². The first-order chi connectivity index (χ1) is 18.0. The summed E-state index contributed by atoms with van der Waals surface area (Å²) in [7, 11) is 2.86. The molecular formula is C32H68NO3P. The molecule has 37 heavy (non-hydrogen) atoms. The second kappa shape index (κ2) is 31.8. The topological polar surface area (TPSA) is 63.4 Å². The van der Waals surface area contributed by atoms with E-state index in [1.54, 1.807) is 0 Å². The summed E-state index contributed by atoms with van der Waals surface area (Å²) in [6.07, 6.45) is 41.0. The Morgan fingerprint density at radius 3 is 0.973 bits per heavy atom. The fourth-order valence-electron chi connectivity index (χ4n) is 5.77. The largest absolute Gasteiger partial charge is 0.328 e. The molecule has 0 heterocycles. The van der Waals surface area contributed by atoms with Crippen molar-refractivity contribution in [3.05, 3.63) is 10.1 Å². The first kappa shape index (κ1) is 38.8. The Labute approximate surface area is 235 Å². The first-order valence-corrected chi connectivity index (χ1v) is 17.3. The lowest BCUT2D eigenvalue weighted by Crippen LogP contribution is -2.21. The quantitative estimate of drug-likeness (QED) is 0.0460. The van der Waals surface area contributed by atoms with Gasteiger partial charge in [0.15, 0.2) is 0 Å². The predicted octanol–water partition coefficient (Wildman–Crippen LogP) is 12.1. The van der Waals surface area contributed by atoms with Gasteiger partial charge in [-0.1, -0.05) is 162 Å². The molecule has 0 radical (unpaired) electrons. The highest BCUT2D eigenvalue weighted by Gasteiger charge is 2.28. The van der Waals surface area contributed by atoms with E-state index < -0.39 is 5.09 Å². The number of unbranched alkanes of at least 4 members (excludes halogenated alkanes) is 19. The van der Waals surface area contributed by atoms with Gasteiger partial charge in [-0.15, -0.1) is 19.4 Å². The van der Waals surface area contributed by atoms with Crippen LogP contribution in [-0.4, -0.2) is 16.5 Å². The fraction of sp³-hybridized carbons (Fsp3) is 1.00. The summed E-state index contributed by atoms with van der Waals surface area (Å²) in [5.74, 6) is 0. The second-order valence-electron chi connectivity index (χ2n) is 11.6. The van der Waals surface area contributed by atoms with E-state index >= 15 is 0 Å². The molecule has 5 heteroatoms. The lowest BCUT2D eigenvalue weighted by atomic mass is 9.70. The van der Waals surface area contributed by atoms with Crippen LogP contribution in [0.15, 0.2) is 0 Å². The maximum atomic E-state index is 8.36. The van der Waals surface area contributed by atoms with Crippen molar-refractivity contribution in [2.45, 2.75) is 194 Å². The van der Waals surface area contributed by atoms with Crippen LogP contribution in [0.1, 0.15) is 194 Å². The Balaban J connectivity index is 0. The Morgan fingerprint density at radius 1 is 0.514 bits per heavy atom. The number of nitrogens with zero attached hydrogens (tertiary/aromatic N) is 1. The number of hydrogen-bond acceptors (Lipinski definition) is 2. The van der Waals surface area contributed by atoms with E-state index in [2.05, 4.69) is 30.0 Å². The van der Waals surface area contributed by atoms with Crippen LogP contribution in [0.3, 0.4) is 0 Å². The molecule has 1 unspecified atom stereocenters. The third kappa shape index (κ3) is 31.7. The van der Waals surface area contributed by atoms with Crippen molar-refractivity contribution in [3.63, 3.8) is 0 Å². The second-order valence-corrected chi connectivity index (χ2v) is 12.2. The lowest BCUT2D eigenvalue weighted by molar-refractivity contribution is -0.742. The van der Waals surface area contributed by atoms with Crippen molar-refractivity contribution >= 4 is 9.24 Å². The molecule has 0 aliphatic heterocycles. The maximum Gasteiger partial charge on any atom is 0.291 e. The summed E-state index contributed by atoms with van der Waals surface area (Å²) in [5.41, 5.74) is 0.687. The number of hydrogen-bond donors (Lipinski definition) is 1. The highest BCUT2D eigenvalue weighted by atomic mass is 31.0. The summed E-state index contributed by atoms with van der Waals surface area (Å²) in [4.78, 5) is 8.36. The van der Waals surface area contributed by atoms with Crippen molar-refractivity contribution < 1.29 is 10.3 Å². The van der Waals surface area contributed by atoms with Crippen molar-refractivity contribution in [2.24, 2.45) is 5.41 Å². The summed E-state index contributed by atoms with van der Waals surface area (Å²) in [6, 6.07) is 0. The molecule has 0 saturated carbocycles. The monoisotopic (exact) mass is 545 g/mol. The predicted molar refractivity (Wildman–Crippen MR) is 167 cm³/mol. The van der Waals surface area contributed by atoms with Gasteiger partial charge in [0.05, 0.1) is 0 Å². The molecule has 224 valence electrons. The smallest absolute Gasteiger partial charge is 0.291 e. The average molecular weight is 546 g/mol. The van der Waals surface area contributed by atoms with Crippen LogP contribution in [0.5, 0.6) is 0 Å². The zero-order valence-electron chi connectivity index (χ0n) is 25.6. The van der Waals surface area contributed by atoms with Gasteiger partial charge in [0, 0.05) is 0 Å². The standard InChI is InChI=1S/C32H67P.HNO3/c1-4-7-10-22-27-32(28-23-11-8-5-2,29-24-12-9-6-3)30-25-20-18-16-14-13-15-17-19-21-26-31-33;2-1(3)4/h4-31,33H2,1-3H3;(H,2,3,4). The van der Waals surface area contributed by atoms with Crippen LogP contribution < -0.4 is 0 Å². The summed E-state index contributed by atoms with van der Waals surface area (Å²) in [6.45, 7) is 7.07. The molecule has 0 aromatic rings. The summed E-state index contributed by atoms with van der Waals surface area (Å²) >= 11 is 0.